The highest BCUT2D eigenvalue weighted by Crippen LogP contribution is 2.16. The lowest BCUT2D eigenvalue weighted by molar-refractivity contribution is 0.324. The summed E-state index contributed by atoms with van der Waals surface area (Å²) >= 11 is 0. The Balaban J connectivity index is 1.44. The fraction of sp³-hybridized carbons (Fsp3) is 0.263. The molecule has 0 radical (unpaired) electrons. The van der Waals surface area contributed by atoms with E-state index < -0.39 is 0 Å². The Labute approximate surface area is 132 Å². The highest BCUT2D eigenvalue weighted by molar-refractivity contribution is 5.82. The summed E-state index contributed by atoms with van der Waals surface area (Å²) < 4.78 is 0. The molecule has 0 aliphatic carbocycles. The van der Waals surface area contributed by atoms with Crippen LogP contribution in [0.2, 0.25) is 0 Å². The van der Waals surface area contributed by atoms with E-state index in [2.05, 4.69) is 76.8 Å². The van der Waals surface area contributed by atoms with Crippen LogP contribution >= 0.6 is 0 Å². The van der Waals surface area contributed by atoms with Crippen molar-refractivity contribution in [2.24, 2.45) is 0 Å². The van der Waals surface area contributed by atoms with E-state index in [1.165, 1.54) is 22.0 Å². The van der Waals surface area contributed by atoms with Crippen molar-refractivity contribution in [3.63, 3.8) is 0 Å². The van der Waals surface area contributed by atoms with E-state index in [0.717, 1.165) is 26.2 Å². The van der Waals surface area contributed by atoms with Crippen LogP contribution in [0.4, 0.5) is 0 Å². The second kappa shape index (κ2) is 7.25. The average Bonchev–Trinajstić information content (AvgIpc) is 3.02. The normalized spacial score (nSPS) is 11.4. The highest BCUT2D eigenvalue weighted by atomic mass is 15.1. The van der Waals surface area contributed by atoms with Gasteiger partial charge in [0.05, 0.1) is 0 Å². The van der Waals surface area contributed by atoms with Crippen molar-refractivity contribution in [1.29, 1.82) is 0 Å². The first-order valence-corrected chi connectivity index (χ1v) is 7.81. The molecule has 0 amide bonds. The van der Waals surface area contributed by atoms with Gasteiger partial charge in [-0.25, -0.2) is 0 Å². The van der Waals surface area contributed by atoms with Crippen LogP contribution in [0.25, 0.3) is 10.9 Å². The van der Waals surface area contributed by atoms with Gasteiger partial charge in [-0.2, -0.15) is 0 Å². The van der Waals surface area contributed by atoms with Crippen LogP contribution in [0.15, 0.2) is 60.8 Å². The Bertz CT molecular complexity index is 703. The minimum Gasteiger partial charge on any atom is -0.361 e. The molecule has 0 atom stereocenters. The van der Waals surface area contributed by atoms with Gasteiger partial charge in [-0.3, -0.25) is 0 Å². The first-order chi connectivity index (χ1) is 10.8. The smallest absolute Gasteiger partial charge is 0.0457 e. The lowest BCUT2D eigenvalue weighted by Gasteiger charge is -2.17. The molecule has 0 spiro atoms. The Morgan fingerprint density at radius 3 is 2.73 bits per heavy atom. The lowest BCUT2D eigenvalue weighted by atomic mass is 10.1. The van der Waals surface area contributed by atoms with E-state index in [1.54, 1.807) is 0 Å². The van der Waals surface area contributed by atoms with Crippen LogP contribution in [-0.4, -0.2) is 30.0 Å². The van der Waals surface area contributed by atoms with Crippen molar-refractivity contribution in [2.75, 3.05) is 20.1 Å². The summed E-state index contributed by atoms with van der Waals surface area (Å²) in [6.45, 7) is 3.94. The summed E-state index contributed by atoms with van der Waals surface area (Å²) in [7, 11) is 2.17. The first kappa shape index (κ1) is 14.8. The molecule has 2 aromatic carbocycles. The SMILES string of the molecule is CN(CCNCc1cccc2[nH]ccc12)Cc1ccccc1. The van der Waals surface area contributed by atoms with Crippen molar-refractivity contribution in [1.82, 2.24) is 15.2 Å². The average molecular weight is 293 g/mol. The molecule has 3 heteroatoms. The zero-order chi connectivity index (χ0) is 15.2. The van der Waals surface area contributed by atoms with Crippen LogP contribution in [0, 0.1) is 0 Å². The number of hydrogen-bond acceptors (Lipinski definition) is 2. The van der Waals surface area contributed by atoms with Crippen molar-refractivity contribution >= 4 is 10.9 Å². The topological polar surface area (TPSA) is 31.1 Å². The molecular formula is C19H23N3. The molecule has 1 aromatic heterocycles. The van der Waals surface area contributed by atoms with E-state index >= 15 is 0 Å². The van der Waals surface area contributed by atoms with Crippen molar-refractivity contribution in [3.8, 4) is 0 Å². The summed E-state index contributed by atoms with van der Waals surface area (Å²) in [5.41, 5.74) is 3.92. The second-order valence-corrected chi connectivity index (χ2v) is 5.76. The van der Waals surface area contributed by atoms with Gasteiger partial charge in [0, 0.05) is 43.3 Å². The highest BCUT2D eigenvalue weighted by Gasteiger charge is 2.02. The van der Waals surface area contributed by atoms with Gasteiger partial charge < -0.3 is 15.2 Å². The molecule has 0 fully saturated rings. The van der Waals surface area contributed by atoms with E-state index in [1.807, 2.05) is 6.20 Å². The van der Waals surface area contributed by atoms with Gasteiger partial charge in [0.2, 0.25) is 0 Å². The fourth-order valence-corrected chi connectivity index (χ4v) is 2.77. The van der Waals surface area contributed by atoms with Gasteiger partial charge in [0.25, 0.3) is 0 Å². The standard InChI is InChI=1S/C19H23N3/c1-22(15-16-6-3-2-4-7-16)13-12-20-14-17-8-5-9-19-18(17)10-11-21-19/h2-11,20-21H,12-15H2,1H3. The van der Waals surface area contributed by atoms with E-state index in [0.29, 0.717) is 0 Å². The van der Waals surface area contributed by atoms with Gasteiger partial charge in [-0.15, -0.1) is 0 Å². The molecule has 2 N–H and O–H groups in total. The van der Waals surface area contributed by atoms with E-state index in [9.17, 15) is 0 Å². The Hall–Kier alpha value is -2.10. The fourth-order valence-electron chi connectivity index (χ4n) is 2.77. The zero-order valence-corrected chi connectivity index (χ0v) is 13.0. The van der Waals surface area contributed by atoms with Crippen LogP contribution in [-0.2, 0) is 13.1 Å². The maximum atomic E-state index is 3.54. The number of nitrogens with zero attached hydrogens (tertiary/aromatic N) is 1. The second-order valence-electron chi connectivity index (χ2n) is 5.76. The largest absolute Gasteiger partial charge is 0.361 e. The molecule has 22 heavy (non-hydrogen) atoms. The van der Waals surface area contributed by atoms with E-state index in [-0.39, 0.29) is 0 Å². The van der Waals surface area contributed by atoms with Crippen molar-refractivity contribution in [3.05, 3.63) is 71.9 Å². The predicted octanol–water partition coefficient (Wildman–Crippen LogP) is 3.39. The number of hydrogen-bond donors (Lipinski definition) is 2. The molecule has 3 rings (SSSR count). The molecule has 1 heterocycles. The molecule has 0 saturated heterocycles. The van der Waals surface area contributed by atoms with Gasteiger partial charge in [-0.05, 0) is 30.3 Å². The molecule has 0 unspecified atom stereocenters. The number of benzene rings is 2. The van der Waals surface area contributed by atoms with E-state index in [4.69, 9.17) is 0 Å². The number of aromatic amines is 1. The molecule has 0 saturated carbocycles. The van der Waals surface area contributed by atoms with Crippen LogP contribution in [0.5, 0.6) is 0 Å². The molecule has 3 nitrogen and oxygen atoms in total. The minimum atomic E-state index is 0.911. The van der Waals surface area contributed by atoms with Gasteiger partial charge in [-0.1, -0.05) is 42.5 Å². The van der Waals surface area contributed by atoms with Crippen LogP contribution in [0.3, 0.4) is 0 Å². The number of rotatable bonds is 7. The van der Waals surface area contributed by atoms with Crippen molar-refractivity contribution < 1.29 is 0 Å². The van der Waals surface area contributed by atoms with Gasteiger partial charge in [0.15, 0.2) is 0 Å². The Morgan fingerprint density at radius 2 is 1.86 bits per heavy atom. The monoisotopic (exact) mass is 293 g/mol. The minimum absolute atomic E-state index is 0.911. The first-order valence-electron chi connectivity index (χ1n) is 7.81. The number of aromatic nitrogens is 1. The van der Waals surface area contributed by atoms with Gasteiger partial charge in [0.1, 0.15) is 0 Å². The molecule has 114 valence electrons. The Kier molecular flexibility index (Phi) is 4.88. The maximum Gasteiger partial charge on any atom is 0.0457 e. The number of H-pyrrole nitrogens is 1. The Morgan fingerprint density at radius 1 is 1.00 bits per heavy atom. The third kappa shape index (κ3) is 3.75. The summed E-state index contributed by atoms with van der Waals surface area (Å²) in [5, 5.41) is 4.86. The quantitative estimate of drug-likeness (QED) is 0.654. The molecule has 0 bridgehead atoms. The molecule has 3 aromatic rings. The summed E-state index contributed by atoms with van der Waals surface area (Å²) in [5.74, 6) is 0. The molecular weight excluding hydrogens is 270 g/mol. The number of likely N-dealkylation sites (N-methyl/N-ethyl adjacent to an activating group) is 1. The van der Waals surface area contributed by atoms with Crippen LogP contribution in [0.1, 0.15) is 11.1 Å². The van der Waals surface area contributed by atoms with Gasteiger partial charge >= 0.3 is 0 Å². The third-order valence-electron chi connectivity index (χ3n) is 3.97. The third-order valence-corrected chi connectivity index (χ3v) is 3.97. The van der Waals surface area contributed by atoms with Crippen LogP contribution < -0.4 is 5.32 Å². The maximum absolute atomic E-state index is 3.54. The summed E-state index contributed by atoms with van der Waals surface area (Å²) in [6.07, 6.45) is 2.00. The zero-order valence-electron chi connectivity index (χ0n) is 13.0. The predicted molar refractivity (Wildman–Crippen MR) is 92.8 cm³/mol. The summed E-state index contributed by atoms with van der Waals surface area (Å²) in [4.78, 5) is 5.61. The lowest BCUT2D eigenvalue weighted by Crippen LogP contribution is -2.28. The number of nitrogens with one attached hydrogen (secondary N) is 2. The molecule has 0 aliphatic rings. The molecule has 0 aliphatic heterocycles. The number of fused-ring (bicyclic) bond motifs is 1. The van der Waals surface area contributed by atoms with Crippen molar-refractivity contribution in [2.45, 2.75) is 13.1 Å². The summed E-state index contributed by atoms with van der Waals surface area (Å²) in [6, 6.07) is 19.2.